The Morgan fingerprint density at radius 3 is 2.23 bits per heavy atom. The zero-order valence-corrected chi connectivity index (χ0v) is 7.22. The average Bonchev–Trinajstić information content (AvgIpc) is 1.87. The van der Waals surface area contributed by atoms with Crippen molar-refractivity contribution in [1.29, 1.82) is 0 Å². The van der Waals surface area contributed by atoms with Crippen LogP contribution in [0.15, 0.2) is 12.2 Å². The van der Waals surface area contributed by atoms with Gasteiger partial charge in [-0.05, 0) is 13.8 Å². The molecule has 0 saturated heterocycles. The van der Waals surface area contributed by atoms with Crippen LogP contribution in [0.3, 0.4) is 0 Å². The van der Waals surface area contributed by atoms with Crippen LogP contribution in [0.25, 0.3) is 0 Å². The molecule has 0 heterocycles. The van der Waals surface area contributed by atoms with E-state index >= 15 is 0 Å². The smallest absolute Gasteiger partial charge is 0.333 e. The van der Waals surface area contributed by atoms with Crippen LogP contribution in [-0.4, -0.2) is 25.8 Å². The highest BCUT2D eigenvalue weighted by Crippen LogP contribution is 1.97. The molecule has 0 rings (SSSR count). The van der Waals surface area contributed by atoms with Crippen LogP contribution < -0.4 is 0 Å². The fourth-order valence-corrected chi connectivity index (χ4v) is 0.552. The molecule has 80 valence electrons. The average molecular weight is 190 g/mol. The Morgan fingerprint density at radius 1 is 1.46 bits per heavy atom. The largest absolute Gasteiger partial charge is 0.457 e. The second-order valence-corrected chi connectivity index (χ2v) is 2.45. The molecule has 0 amide bonds. The van der Waals surface area contributed by atoms with Crippen LogP contribution in [0, 0.1) is 0 Å². The summed E-state index contributed by atoms with van der Waals surface area (Å²) in [5.41, 5.74) is 0.410. The maximum Gasteiger partial charge on any atom is 0.333 e. The highest BCUT2D eigenvalue weighted by molar-refractivity contribution is 5.87. The first-order valence-corrected chi connectivity index (χ1v) is 3.43. The van der Waals surface area contributed by atoms with Gasteiger partial charge in [0, 0.05) is 12.7 Å². The second-order valence-electron chi connectivity index (χ2n) is 2.45. The van der Waals surface area contributed by atoms with E-state index in [9.17, 15) is 4.79 Å². The number of rotatable bonds is 4. The van der Waals surface area contributed by atoms with Crippen LogP contribution >= 0.6 is 0 Å². The van der Waals surface area contributed by atoms with Crippen molar-refractivity contribution >= 4 is 5.97 Å². The summed E-state index contributed by atoms with van der Waals surface area (Å²) in [6.07, 6.45) is -0.204. The van der Waals surface area contributed by atoms with Gasteiger partial charge in [0.25, 0.3) is 0 Å². The van der Waals surface area contributed by atoms with Gasteiger partial charge in [0.05, 0.1) is 6.61 Å². The van der Waals surface area contributed by atoms with Crippen LogP contribution in [0.4, 0.5) is 0 Å². The molecule has 0 aromatic heterocycles. The van der Waals surface area contributed by atoms with Crippen LogP contribution in [0.1, 0.15) is 28.7 Å². The molecule has 0 aromatic carbocycles. The summed E-state index contributed by atoms with van der Waals surface area (Å²) in [5, 5.41) is 0. The third-order valence-corrected chi connectivity index (χ3v) is 1.06. The quantitative estimate of drug-likeness (QED) is 0.504. The van der Waals surface area contributed by atoms with Gasteiger partial charge in [0.1, 0.15) is 6.10 Å². The summed E-state index contributed by atoms with van der Waals surface area (Å²) >= 11 is 0. The summed E-state index contributed by atoms with van der Waals surface area (Å²) in [6, 6.07) is 0. The number of carbonyl (C=O) groups is 1. The number of methoxy groups -OCH3 is 1. The summed E-state index contributed by atoms with van der Waals surface area (Å²) < 4.78 is 9.67. The van der Waals surface area contributed by atoms with Crippen molar-refractivity contribution < 1.29 is 14.3 Å². The number of esters is 1. The number of ether oxygens (including phenoxy) is 2. The third-order valence-electron chi connectivity index (χ3n) is 1.06. The van der Waals surface area contributed by atoms with E-state index < -0.39 is 0 Å². The molecule has 0 fully saturated rings. The molecule has 0 N–H and O–H groups in total. The highest BCUT2D eigenvalue weighted by Gasteiger charge is 2.08. The monoisotopic (exact) mass is 190 g/mol. The molecule has 1 atom stereocenters. The Bertz CT molecular complexity index is 152. The Hall–Kier alpha value is -0.830. The second kappa shape index (κ2) is 9.26. The van der Waals surface area contributed by atoms with Crippen molar-refractivity contribution in [1.82, 2.24) is 0 Å². The molecule has 0 spiro atoms. The lowest BCUT2D eigenvalue weighted by Crippen LogP contribution is -2.19. The normalized spacial score (nSPS) is 10.4. The van der Waals surface area contributed by atoms with Gasteiger partial charge in [0.15, 0.2) is 0 Å². The zero-order valence-electron chi connectivity index (χ0n) is 7.22. The van der Waals surface area contributed by atoms with E-state index in [1.165, 1.54) is 0 Å². The first kappa shape index (κ1) is 18.1. The predicted octanol–water partition coefficient (Wildman–Crippen LogP) is 2.41. The summed E-state index contributed by atoms with van der Waals surface area (Å²) in [5.74, 6) is -0.366. The molecular formula is C10H22O3. The number of carbonyl (C=O) groups excluding carboxylic acids is 1. The van der Waals surface area contributed by atoms with E-state index in [1.807, 2.05) is 0 Å². The van der Waals surface area contributed by atoms with Gasteiger partial charge in [-0.3, -0.25) is 0 Å². The fourth-order valence-electron chi connectivity index (χ4n) is 0.552. The fraction of sp³-hybridized carbons (Fsp3) is 0.700. The van der Waals surface area contributed by atoms with Gasteiger partial charge < -0.3 is 9.47 Å². The van der Waals surface area contributed by atoms with Crippen molar-refractivity contribution in [3.8, 4) is 0 Å². The van der Waals surface area contributed by atoms with Crippen molar-refractivity contribution in [2.24, 2.45) is 0 Å². The Balaban J connectivity index is -0.000000500. The van der Waals surface area contributed by atoms with Gasteiger partial charge in [-0.2, -0.15) is 0 Å². The van der Waals surface area contributed by atoms with E-state index in [-0.39, 0.29) is 26.9 Å². The molecule has 0 aliphatic rings. The lowest BCUT2D eigenvalue weighted by Gasteiger charge is -2.11. The maximum atomic E-state index is 10.9. The lowest BCUT2D eigenvalue weighted by atomic mass is 10.3. The topological polar surface area (TPSA) is 35.5 Å². The summed E-state index contributed by atoms with van der Waals surface area (Å²) in [4.78, 5) is 10.9. The van der Waals surface area contributed by atoms with Crippen LogP contribution in [0.2, 0.25) is 0 Å². The van der Waals surface area contributed by atoms with E-state index in [2.05, 4.69) is 6.58 Å². The van der Waals surface area contributed by atoms with E-state index in [0.29, 0.717) is 12.2 Å². The zero-order chi connectivity index (χ0) is 8.85. The summed E-state index contributed by atoms with van der Waals surface area (Å²) in [6.45, 7) is 7.25. The first-order valence-electron chi connectivity index (χ1n) is 3.43. The van der Waals surface area contributed by atoms with E-state index in [4.69, 9.17) is 9.47 Å². The Kier molecular flexibility index (Phi) is 12.9. The predicted molar refractivity (Wildman–Crippen MR) is 55.7 cm³/mol. The van der Waals surface area contributed by atoms with E-state index in [1.54, 1.807) is 21.0 Å². The van der Waals surface area contributed by atoms with Gasteiger partial charge in [-0.15, -0.1) is 0 Å². The molecule has 0 radical (unpaired) electrons. The Labute approximate surface area is 81.7 Å². The molecule has 0 saturated carbocycles. The molecule has 13 heavy (non-hydrogen) atoms. The van der Waals surface area contributed by atoms with Gasteiger partial charge in [-0.25, -0.2) is 4.79 Å². The molecular weight excluding hydrogens is 168 g/mol. The van der Waals surface area contributed by atoms with Gasteiger partial charge >= 0.3 is 5.97 Å². The third kappa shape index (κ3) is 9.08. The molecule has 3 nitrogen and oxygen atoms in total. The highest BCUT2D eigenvalue weighted by atomic mass is 16.6. The lowest BCUT2D eigenvalue weighted by molar-refractivity contribution is -0.145. The molecule has 0 aliphatic carbocycles. The van der Waals surface area contributed by atoms with Crippen LogP contribution in [-0.2, 0) is 14.3 Å². The molecule has 3 heteroatoms. The maximum absolute atomic E-state index is 10.9. The molecule has 0 bridgehead atoms. The first-order chi connectivity index (χ1) is 5.07. The minimum absolute atomic E-state index is 0. The molecule has 1 unspecified atom stereocenters. The Morgan fingerprint density at radius 2 is 1.92 bits per heavy atom. The van der Waals surface area contributed by atoms with Gasteiger partial charge in [-0.1, -0.05) is 21.4 Å². The number of hydrogen-bond donors (Lipinski definition) is 0. The summed E-state index contributed by atoms with van der Waals surface area (Å²) in [7, 11) is 1.56. The van der Waals surface area contributed by atoms with Crippen LogP contribution in [0.5, 0.6) is 0 Å². The van der Waals surface area contributed by atoms with Crippen molar-refractivity contribution in [3.63, 3.8) is 0 Å². The standard InChI is InChI=1S/C8H14O3.2CH4/c1-6(2)8(9)11-7(3)5-10-4;;/h7H,1,5H2,2-4H3;2*1H4. The van der Waals surface area contributed by atoms with Crippen molar-refractivity contribution in [2.75, 3.05) is 13.7 Å². The van der Waals surface area contributed by atoms with Crippen molar-refractivity contribution in [3.05, 3.63) is 12.2 Å². The minimum atomic E-state index is -0.366. The van der Waals surface area contributed by atoms with Crippen molar-refractivity contribution in [2.45, 2.75) is 34.8 Å². The minimum Gasteiger partial charge on any atom is -0.457 e. The van der Waals surface area contributed by atoms with E-state index in [0.717, 1.165) is 0 Å². The molecule has 0 aromatic rings. The van der Waals surface area contributed by atoms with Gasteiger partial charge in [0.2, 0.25) is 0 Å². The number of hydrogen-bond acceptors (Lipinski definition) is 3. The molecule has 0 aliphatic heterocycles. The SMILES string of the molecule is C.C.C=C(C)C(=O)OC(C)COC.